The molecular weight excluding hydrogens is 933 g/mol. The first kappa shape index (κ1) is 47.2. The van der Waals surface area contributed by atoms with Crippen LogP contribution in [-0.2, 0) is 52.0 Å². The average Bonchev–Trinajstić information content (AvgIpc) is 4.07. The van der Waals surface area contributed by atoms with Gasteiger partial charge in [0.15, 0.2) is 47.7 Å². The summed E-state index contributed by atoms with van der Waals surface area (Å²) in [5, 5.41) is 8.70. The van der Waals surface area contributed by atoms with E-state index in [0.29, 0.717) is 48.4 Å². The molecule has 3 aliphatic rings. The Bertz CT molecular complexity index is 2720. The molecule has 350 valence electrons. The number of aromatic nitrogens is 8. The second kappa shape index (κ2) is 20.3. The third-order valence-corrected chi connectivity index (χ3v) is 15.5. The molecule has 0 unspecified atom stereocenters. The molecule has 3 aliphatic heterocycles. The molecule has 31 heteroatoms. The molecule has 0 bridgehead atoms. The number of fused-ring (bicyclic) bond motifs is 4. The molecule has 25 nitrogen and oxygen atoms in total. The fourth-order valence-corrected chi connectivity index (χ4v) is 11.9. The molecule has 8 rings (SSSR count). The third-order valence-electron chi connectivity index (χ3n) is 10.6. The number of carbonyl (C=O) groups is 2. The van der Waals surface area contributed by atoms with Crippen LogP contribution in [0.15, 0.2) is 54.7 Å². The summed E-state index contributed by atoms with van der Waals surface area (Å²) in [5.41, 5.74) is 21.8. The summed E-state index contributed by atoms with van der Waals surface area (Å²) in [6, 6.07) is 6.44. The Morgan fingerprint density at radius 1 is 0.848 bits per heavy atom. The van der Waals surface area contributed by atoms with E-state index in [4.69, 9.17) is 44.6 Å². The second-order valence-corrected chi connectivity index (χ2v) is 21.2. The van der Waals surface area contributed by atoms with Crippen LogP contribution in [0.3, 0.4) is 0 Å². The molecule has 3 fully saturated rings. The number of anilines is 3. The predicted octanol–water partition coefficient (Wildman–Crippen LogP) is 3.83. The number of nitrogens with zero attached hydrogens (tertiary/aromatic N) is 11. The van der Waals surface area contributed by atoms with Crippen molar-refractivity contribution in [1.82, 2.24) is 44.4 Å². The largest absolute Gasteiger partial charge is 0.389 e. The number of imidazole rings is 2. The average molecular weight is 976 g/mol. The van der Waals surface area contributed by atoms with Crippen LogP contribution in [0.2, 0.25) is 0 Å². The van der Waals surface area contributed by atoms with Gasteiger partial charge in [0.05, 0.1) is 32.4 Å². The maximum Gasteiger partial charge on any atom is 0.389 e. The van der Waals surface area contributed by atoms with Crippen molar-refractivity contribution in [1.29, 1.82) is 0 Å². The number of ether oxygens (including phenoxy) is 2. The van der Waals surface area contributed by atoms with Crippen molar-refractivity contribution >= 4 is 84.7 Å². The highest BCUT2D eigenvalue weighted by atomic mass is 32.7. The molecule has 7 heterocycles. The molecule has 0 aliphatic carbocycles. The van der Waals surface area contributed by atoms with Crippen molar-refractivity contribution < 1.29 is 55.1 Å². The summed E-state index contributed by atoms with van der Waals surface area (Å²) in [6.07, 6.45) is -6.30. The van der Waals surface area contributed by atoms with Crippen LogP contribution in [0.25, 0.3) is 32.8 Å². The first-order valence-corrected chi connectivity index (χ1v) is 25.4. The lowest BCUT2D eigenvalue weighted by atomic mass is 10.1. The van der Waals surface area contributed by atoms with Gasteiger partial charge in [0.25, 0.3) is 15.0 Å². The quantitative estimate of drug-likeness (QED) is 0.0307. The normalized spacial score (nSPS) is 29.0. The van der Waals surface area contributed by atoms with Crippen LogP contribution in [0.1, 0.15) is 43.7 Å². The predicted molar refractivity (Wildman–Crippen MR) is 234 cm³/mol. The molecule has 66 heavy (non-hydrogen) atoms. The topological polar surface area (TPSA) is 336 Å². The lowest BCUT2D eigenvalue weighted by Gasteiger charge is -2.30. The van der Waals surface area contributed by atoms with E-state index in [1.165, 1.54) is 21.8 Å². The van der Waals surface area contributed by atoms with Crippen molar-refractivity contribution in [3.05, 3.63) is 65.6 Å². The highest BCUT2D eigenvalue weighted by Gasteiger charge is 2.54. The van der Waals surface area contributed by atoms with Gasteiger partial charge >= 0.3 is 6.80 Å². The van der Waals surface area contributed by atoms with Gasteiger partial charge in [-0.3, -0.25) is 32.3 Å². The number of hydrogen-bond donors (Lipinski definition) is 4. The monoisotopic (exact) mass is 975 g/mol. The molecule has 0 saturated carbocycles. The Hall–Kier alpha value is -5.34. The highest BCUT2D eigenvalue weighted by Crippen LogP contribution is 2.65. The third kappa shape index (κ3) is 10.6. The number of hydrogen-bond acceptors (Lipinski definition) is 20. The number of azide groups is 1. The number of rotatable bonds is 14. The van der Waals surface area contributed by atoms with E-state index >= 15 is 8.78 Å². The Labute approximate surface area is 377 Å². The van der Waals surface area contributed by atoms with Gasteiger partial charge in [-0.1, -0.05) is 23.7 Å². The number of nitrogens with two attached hydrogens (primary N) is 2. The van der Waals surface area contributed by atoms with Gasteiger partial charge in [-0.15, -0.1) is 0 Å². The number of benzene rings is 1. The van der Waals surface area contributed by atoms with E-state index in [-0.39, 0.29) is 58.6 Å². The summed E-state index contributed by atoms with van der Waals surface area (Å²) in [6.45, 7) is -5.76. The fourth-order valence-electron chi connectivity index (χ4n) is 7.34. The molecule has 10 atom stereocenters. The number of unbranched alkanes of at least 4 members (excludes halogenated alkanes) is 2. The van der Waals surface area contributed by atoms with E-state index in [2.05, 4.69) is 50.6 Å². The van der Waals surface area contributed by atoms with E-state index < -0.39 is 82.6 Å². The first-order valence-electron chi connectivity index (χ1n) is 20.3. The fraction of sp³-hybridized carbons (Fsp3) is 0.486. The lowest BCUT2D eigenvalue weighted by Crippen LogP contribution is -2.37. The Morgan fingerprint density at radius 3 is 2.05 bits per heavy atom. The van der Waals surface area contributed by atoms with Gasteiger partial charge in [-0.05, 0) is 47.5 Å². The number of halogens is 2. The zero-order valence-corrected chi connectivity index (χ0v) is 37.4. The van der Waals surface area contributed by atoms with Gasteiger partial charge in [0.1, 0.15) is 48.1 Å². The molecule has 1 aromatic carbocycles. The van der Waals surface area contributed by atoms with Crippen molar-refractivity contribution in [2.45, 2.75) is 80.7 Å². The van der Waals surface area contributed by atoms with Gasteiger partial charge in [0.2, 0.25) is 11.8 Å². The number of nitrogens with one attached hydrogen (secondary N) is 2. The van der Waals surface area contributed by atoms with Gasteiger partial charge in [0, 0.05) is 29.3 Å². The molecule has 0 spiro atoms. The summed E-state index contributed by atoms with van der Waals surface area (Å²) < 4.78 is 101. The maximum absolute atomic E-state index is 16.8. The molecular formula is C35H42BF2N15O10P2S. The molecule has 0 radical (unpaired) electrons. The number of carbonyl (C=O) groups excluding carboxylic acids is 2. The Balaban J connectivity index is 0.995. The molecule has 4 aromatic heterocycles. The van der Waals surface area contributed by atoms with Crippen LogP contribution < -0.4 is 22.1 Å². The molecule has 3 saturated heterocycles. The Kier molecular flexibility index (Phi) is 14.5. The van der Waals surface area contributed by atoms with Crippen LogP contribution in [0.5, 0.6) is 0 Å². The second-order valence-electron chi connectivity index (χ2n) is 15.2. The summed E-state index contributed by atoms with van der Waals surface area (Å²) in [4.78, 5) is 52.0. The van der Waals surface area contributed by atoms with Crippen LogP contribution in [-0.4, -0.2) is 121 Å². The SMILES string of the molecule is B[P@]1(=O)OC[C@H]2O[C@@H](n3cnc4c(N)ncnc43)[C@H](F)[C@@H]2O[P@@](=O)(SCc2ccc(NC(=O)CNC(=O)CCCCCN=[N+]=[N-])cc2)OC[C@H]2O[C@@H](n3cnc4c(N)ncnc43)[C@H](F)[C@@H]2O1. The molecule has 6 N–H and O–H groups in total. The summed E-state index contributed by atoms with van der Waals surface area (Å²) in [5.74, 6) is -0.766. The maximum atomic E-state index is 16.8. The van der Waals surface area contributed by atoms with E-state index in [1.54, 1.807) is 24.3 Å². The minimum atomic E-state index is -4.53. The van der Waals surface area contributed by atoms with Crippen LogP contribution in [0, 0.1) is 0 Å². The number of alkyl halides is 2. The van der Waals surface area contributed by atoms with E-state index in [9.17, 15) is 18.7 Å². The van der Waals surface area contributed by atoms with Crippen molar-refractivity contribution in [2.24, 2.45) is 5.11 Å². The number of nitrogen functional groups attached to an aromatic ring is 2. The first-order chi connectivity index (χ1) is 31.7. The van der Waals surface area contributed by atoms with Gasteiger partial charge in [-0.2, -0.15) is 0 Å². The number of amides is 2. The standard InChI is InChI=1S/C35H42BF2N15O10P2S/c36-64(56)58-11-20-29(25(38)35(60-20)53-17-48-27-31(40)44-15-46-33(27)53)63-65(57,59-12-21-28(62-64)24(37)34(61-21)52-16-47-26-30(39)43-14-45-32(26)52)66-13-18-5-7-19(8-6-18)50-23(55)10-42-22(54)4-2-1-3-9-49-51-41/h5-8,14-17,20-21,24-25,28-29,34-35H,1-4,9-13,36H2,(H,42,54)(H,50,55)(H2,39,43,45)(H2,40,44,46)/t20-,21-,24-,25-,28-,29-,34-,35-,64+,65+/m1/s1. The molecule has 5 aromatic rings. The van der Waals surface area contributed by atoms with Crippen molar-refractivity contribution in [3.63, 3.8) is 0 Å². The molecule has 2 amide bonds. The minimum absolute atomic E-state index is 0.0271. The summed E-state index contributed by atoms with van der Waals surface area (Å²) in [7, 11) is -3.10. The summed E-state index contributed by atoms with van der Waals surface area (Å²) >= 11 is 0.682. The zero-order chi connectivity index (χ0) is 46.6. The lowest BCUT2D eigenvalue weighted by molar-refractivity contribution is -0.124. The minimum Gasteiger partial charge on any atom is -0.382 e. The van der Waals surface area contributed by atoms with Gasteiger partial charge < -0.3 is 40.6 Å². The highest BCUT2D eigenvalue weighted by molar-refractivity contribution is 8.54. The smallest absolute Gasteiger partial charge is 0.382 e. The van der Waals surface area contributed by atoms with Crippen LogP contribution in [0.4, 0.5) is 26.1 Å². The van der Waals surface area contributed by atoms with Gasteiger partial charge in [-0.25, -0.2) is 43.2 Å². The Morgan fingerprint density at radius 2 is 1.44 bits per heavy atom. The van der Waals surface area contributed by atoms with E-state index in [0.717, 1.165) is 20.2 Å². The van der Waals surface area contributed by atoms with Crippen LogP contribution >= 0.6 is 25.7 Å². The van der Waals surface area contributed by atoms with E-state index in [1.807, 2.05) is 0 Å². The van der Waals surface area contributed by atoms with Crippen molar-refractivity contribution in [3.8, 4) is 0 Å². The van der Waals surface area contributed by atoms with Crippen molar-refractivity contribution in [2.75, 3.05) is 43.1 Å². The zero-order valence-electron chi connectivity index (χ0n) is 34.8.